The van der Waals surface area contributed by atoms with Gasteiger partial charge in [0, 0.05) is 41.8 Å². The first-order valence-electron chi connectivity index (χ1n) is 11.7. The number of imidazole rings is 1. The van der Waals surface area contributed by atoms with Gasteiger partial charge in [-0.25, -0.2) is 9.78 Å². The molecule has 0 aliphatic rings. The molecule has 0 aliphatic heterocycles. The van der Waals surface area contributed by atoms with Crippen LogP contribution in [0, 0.1) is 0 Å². The normalized spacial score (nSPS) is 13.3. The van der Waals surface area contributed by atoms with Gasteiger partial charge in [-0.3, -0.25) is 19.2 Å². The fourth-order valence-electron chi connectivity index (χ4n) is 3.80. The second-order valence-corrected chi connectivity index (χ2v) is 8.62. The fourth-order valence-corrected chi connectivity index (χ4v) is 3.80. The quantitative estimate of drug-likeness (QED) is 0.129. The monoisotopic (exact) mass is 527 g/mol. The number of rotatable bonds is 14. The smallest absolute Gasteiger partial charge is 0.326 e. The summed E-state index contributed by atoms with van der Waals surface area (Å²) in [5.41, 5.74) is 8.26. The van der Waals surface area contributed by atoms with Crippen LogP contribution in [0.25, 0.3) is 10.9 Å². The van der Waals surface area contributed by atoms with Crippen molar-refractivity contribution in [2.45, 2.75) is 43.8 Å². The highest BCUT2D eigenvalue weighted by Gasteiger charge is 2.28. The topological polar surface area (TPSA) is 232 Å². The molecule has 3 atom stereocenters. The number of aromatic amines is 2. The Kier molecular flexibility index (Phi) is 9.54. The molecule has 0 saturated carbocycles. The molecule has 14 nitrogen and oxygen atoms in total. The molecule has 3 rings (SSSR count). The number of fused-ring (bicyclic) bond motifs is 1. The minimum atomic E-state index is -1.47. The first-order chi connectivity index (χ1) is 18.1. The van der Waals surface area contributed by atoms with Crippen molar-refractivity contribution in [2.75, 3.05) is 6.54 Å². The summed E-state index contributed by atoms with van der Waals surface area (Å²) in [5, 5.41) is 26.2. The zero-order chi connectivity index (χ0) is 27.7. The summed E-state index contributed by atoms with van der Waals surface area (Å²) in [5.74, 6) is -4.75. The second kappa shape index (κ2) is 13.0. The van der Waals surface area contributed by atoms with E-state index in [9.17, 15) is 29.1 Å². The molecular weight excluding hydrogens is 498 g/mol. The van der Waals surface area contributed by atoms with Gasteiger partial charge in [-0.1, -0.05) is 18.2 Å². The van der Waals surface area contributed by atoms with Gasteiger partial charge in [0.1, 0.15) is 12.1 Å². The Bertz CT molecular complexity index is 1290. The lowest BCUT2D eigenvalue weighted by molar-refractivity contribution is -0.143. The van der Waals surface area contributed by atoms with Crippen LogP contribution in [0.4, 0.5) is 0 Å². The minimum Gasteiger partial charge on any atom is -0.481 e. The number of para-hydroxylation sites is 1. The third-order valence-corrected chi connectivity index (χ3v) is 5.77. The van der Waals surface area contributed by atoms with Gasteiger partial charge in [0.15, 0.2) is 0 Å². The molecule has 0 bridgehead atoms. The van der Waals surface area contributed by atoms with Crippen molar-refractivity contribution >= 4 is 40.6 Å². The van der Waals surface area contributed by atoms with Gasteiger partial charge in [0.2, 0.25) is 17.7 Å². The summed E-state index contributed by atoms with van der Waals surface area (Å²) in [6, 6.07) is 3.92. The van der Waals surface area contributed by atoms with Crippen LogP contribution >= 0.6 is 0 Å². The lowest BCUT2D eigenvalue weighted by Gasteiger charge is -2.21. The Labute approximate surface area is 216 Å². The Morgan fingerprint density at radius 1 is 0.974 bits per heavy atom. The molecule has 0 radical (unpaired) electrons. The first-order valence-corrected chi connectivity index (χ1v) is 11.7. The number of carboxylic acid groups (broad SMARTS) is 2. The molecule has 2 aromatic heterocycles. The summed E-state index contributed by atoms with van der Waals surface area (Å²) < 4.78 is 0. The molecule has 0 saturated heterocycles. The number of amides is 3. The summed E-state index contributed by atoms with van der Waals surface area (Å²) in [6.07, 6.45) is 3.92. The van der Waals surface area contributed by atoms with Crippen LogP contribution in [0.2, 0.25) is 0 Å². The summed E-state index contributed by atoms with van der Waals surface area (Å²) in [7, 11) is 0. The average molecular weight is 528 g/mol. The molecule has 3 aromatic rings. The third kappa shape index (κ3) is 7.89. The Hall–Kier alpha value is -4.72. The predicted molar refractivity (Wildman–Crippen MR) is 134 cm³/mol. The van der Waals surface area contributed by atoms with Crippen molar-refractivity contribution in [1.29, 1.82) is 0 Å². The van der Waals surface area contributed by atoms with Gasteiger partial charge in [0.05, 0.1) is 18.9 Å². The van der Waals surface area contributed by atoms with Crippen LogP contribution in [-0.2, 0) is 36.8 Å². The Morgan fingerprint density at radius 3 is 2.42 bits per heavy atom. The molecule has 0 fully saturated rings. The number of hydrogen-bond donors (Lipinski definition) is 8. The largest absolute Gasteiger partial charge is 0.481 e. The standard InChI is InChI=1S/C24H29N7O7/c25-16(7-13-9-27-17-4-2-1-3-15(13)17)22(35)28-11-20(32)30-19(8-14-10-26-12-29-14)23(36)31-18(24(37)38)5-6-21(33)34/h1-4,9-10,12,16,18-19,27H,5-8,11,25H2,(H,26,29)(H,28,35)(H,30,32)(H,31,36)(H,33,34)(H,37,38). The maximum absolute atomic E-state index is 12.8. The summed E-state index contributed by atoms with van der Waals surface area (Å²) >= 11 is 0. The minimum absolute atomic E-state index is 0.0587. The molecule has 0 spiro atoms. The number of carboxylic acids is 2. The third-order valence-electron chi connectivity index (χ3n) is 5.77. The number of hydrogen-bond acceptors (Lipinski definition) is 7. The van der Waals surface area contributed by atoms with Crippen LogP contribution in [0.3, 0.4) is 0 Å². The highest BCUT2D eigenvalue weighted by molar-refractivity contribution is 5.93. The van der Waals surface area contributed by atoms with Crippen molar-refractivity contribution in [3.63, 3.8) is 0 Å². The predicted octanol–water partition coefficient (Wildman–Crippen LogP) is -0.961. The number of nitrogens with two attached hydrogens (primary N) is 1. The van der Waals surface area contributed by atoms with Crippen LogP contribution in [-0.4, -0.2) is 79.5 Å². The molecule has 1 aromatic carbocycles. The SMILES string of the molecule is NC(Cc1c[nH]c2ccccc12)C(=O)NCC(=O)NC(Cc1cnc[nH]1)C(=O)NC(CCC(=O)O)C(=O)O. The maximum Gasteiger partial charge on any atom is 0.326 e. The van der Waals surface area contributed by atoms with Crippen molar-refractivity contribution in [3.8, 4) is 0 Å². The van der Waals surface area contributed by atoms with Crippen molar-refractivity contribution < 1.29 is 34.2 Å². The summed E-state index contributed by atoms with van der Waals surface area (Å²) in [6.45, 7) is -0.478. The number of aromatic nitrogens is 3. The van der Waals surface area contributed by atoms with Crippen LogP contribution < -0.4 is 21.7 Å². The van der Waals surface area contributed by atoms with Crippen LogP contribution in [0.1, 0.15) is 24.1 Å². The first kappa shape index (κ1) is 27.9. The van der Waals surface area contributed by atoms with Crippen LogP contribution in [0.5, 0.6) is 0 Å². The molecule has 0 aliphatic carbocycles. The number of nitrogens with zero attached hydrogens (tertiary/aromatic N) is 1. The molecular formula is C24H29N7O7. The van der Waals surface area contributed by atoms with E-state index < -0.39 is 60.8 Å². The highest BCUT2D eigenvalue weighted by atomic mass is 16.4. The lowest BCUT2D eigenvalue weighted by Crippen LogP contribution is -2.54. The van der Waals surface area contributed by atoms with Gasteiger partial charge in [-0.05, 0) is 24.5 Å². The second-order valence-electron chi connectivity index (χ2n) is 8.62. The molecule has 3 amide bonds. The van der Waals surface area contributed by atoms with Crippen LogP contribution in [0.15, 0.2) is 43.0 Å². The van der Waals surface area contributed by atoms with E-state index in [0.29, 0.717) is 5.69 Å². The molecule has 38 heavy (non-hydrogen) atoms. The molecule has 3 unspecified atom stereocenters. The number of H-pyrrole nitrogens is 2. The number of carbonyl (C=O) groups excluding carboxylic acids is 3. The van der Waals surface area contributed by atoms with Gasteiger partial charge in [-0.15, -0.1) is 0 Å². The number of nitrogens with one attached hydrogen (secondary N) is 5. The summed E-state index contributed by atoms with van der Waals surface area (Å²) in [4.78, 5) is 69.9. The zero-order valence-electron chi connectivity index (χ0n) is 20.3. The lowest BCUT2D eigenvalue weighted by atomic mass is 10.1. The van der Waals surface area contributed by atoms with Gasteiger partial charge < -0.3 is 41.9 Å². The van der Waals surface area contributed by atoms with E-state index in [-0.39, 0.29) is 19.3 Å². The number of benzene rings is 1. The van der Waals surface area contributed by atoms with E-state index in [1.807, 2.05) is 24.3 Å². The van der Waals surface area contributed by atoms with Gasteiger partial charge in [-0.2, -0.15) is 0 Å². The highest BCUT2D eigenvalue weighted by Crippen LogP contribution is 2.18. The molecule has 202 valence electrons. The molecule has 9 N–H and O–H groups in total. The van der Waals surface area contributed by atoms with E-state index in [1.165, 1.54) is 12.5 Å². The number of carbonyl (C=O) groups is 5. The number of aliphatic carboxylic acids is 2. The van der Waals surface area contributed by atoms with E-state index in [0.717, 1.165) is 16.5 Å². The van der Waals surface area contributed by atoms with E-state index in [1.54, 1.807) is 6.20 Å². The molecule has 14 heteroatoms. The van der Waals surface area contributed by atoms with Gasteiger partial charge >= 0.3 is 11.9 Å². The van der Waals surface area contributed by atoms with E-state index in [2.05, 4.69) is 30.9 Å². The Morgan fingerprint density at radius 2 is 1.74 bits per heavy atom. The average Bonchev–Trinajstić information content (AvgIpc) is 3.54. The van der Waals surface area contributed by atoms with Gasteiger partial charge in [0.25, 0.3) is 0 Å². The van der Waals surface area contributed by atoms with E-state index >= 15 is 0 Å². The fraction of sp³-hybridized carbons (Fsp3) is 0.333. The Balaban J connectivity index is 1.57. The molecule has 2 heterocycles. The van der Waals surface area contributed by atoms with E-state index in [4.69, 9.17) is 10.8 Å². The van der Waals surface area contributed by atoms with Crippen molar-refractivity contribution in [1.82, 2.24) is 30.9 Å². The zero-order valence-corrected chi connectivity index (χ0v) is 20.3. The van der Waals surface area contributed by atoms with Crippen molar-refractivity contribution in [3.05, 3.63) is 54.2 Å². The van der Waals surface area contributed by atoms with Crippen molar-refractivity contribution in [2.24, 2.45) is 5.73 Å². The maximum atomic E-state index is 12.8.